The standard InChI is InChI=1S/C8H10ClNO/c1-5-3-7(11-10)4-6(2)8(5)9/h3-4H,10H2,1-2H3. The predicted molar refractivity (Wildman–Crippen MR) is 45.7 cm³/mol. The molecule has 1 aromatic carbocycles. The molecule has 2 nitrogen and oxygen atoms in total. The van der Waals surface area contributed by atoms with Crippen LogP contribution in [0, 0.1) is 13.8 Å². The van der Waals surface area contributed by atoms with Gasteiger partial charge in [-0.15, -0.1) is 0 Å². The van der Waals surface area contributed by atoms with Gasteiger partial charge in [0.05, 0.1) is 0 Å². The number of aryl methyl sites for hydroxylation is 2. The van der Waals surface area contributed by atoms with Gasteiger partial charge in [-0.3, -0.25) is 0 Å². The van der Waals surface area contributed by atoms with Gasteiger partial charge in [-0.2, -0.15) is 5.90 Å². The lowest BCUT2D eigenvalue weighted by atomic mass is 10.1. The molecule has 1 rings (SSSR count). The zero-order valence-corrected chi connectivity index (χ0v) is 7.27. The largest absolute Gasteiger partial charge is 0.412 e. The molecule has 0 aliphatic heterocycles. The van der Waals surface area contributed by atoms with Gasteiger partial charge in [0.1, 0.15) is 5.75 Å². The van der Waals surface area contributed by atoms with E-state index in [2.05, 4.69) is 4.84 Å². The molecule has 0 unspecified atom stereocenters. The Labute approximate surface area is 70.9 Å². The summed E-state index contributed by atoms with van der Waals surface area (Å²) < 4.78 is 0. The summed E-state index contributed by atoms with van der Waals surface area (Å²) in [7, 11) is 0. The molecule has 0 spiro atoms. The first-order valence-electron chi connectivity index (χ1n) is 3.28. The van der Waals surface area contributed by atoms with Gasteiger partial charge in [0.2, 0.25) is 0 Å². The zero-order chi connectivity index (χ0) is 8.43. The molecule has 0 bridgehead atoms. The van der Waals surface area contributed by atoms with E-state index in [0.717, 1.165) is 16.1 Å². The first-order chi connectivity index (χ1) is 5.15. The van der Waals surface area contributed by atoms with E-state index in [1.807, 2.05) is 13.8 Å². The molecule has 0 saturated heterocycles. The van der Waals surface area contributed by atoms with Crippen LogP contribution in [0.4, 0.5) is 0 Å². The molecule has 0 heterocycles. The third-order valence-corrected chi connectivity index (χ3v) is 2.14. The van der Waals surface area contributed by atoms with Crippen LogP contribution in [0.5, 0.6) is 5.75 Å². The highest BCUT2D eigenvalue weighted by Crippen LogP contribution is 2.24. The van der Waals surface area contributed by atoms with E-state index in [1.54, 1.807) is 12.1 Å². The predicted octanol–water partition coefficient (Wildman–Crippen LogP) is 2.21. The summed E-state index contributed by atoms with van der Waals surface area (Å²) in [4.78, 5) is 4.57. The molecule has 1 aromatic rings. The average Bonchev–Trinajstić information content (AvgIpc) is 1.99. The van der Waals surface area contributed by atoms with Crippen molar-refractivity contribution in [1.29, 1.82) is 0 Å². The van der Waals surface area contributed by atoms with Crippen LogP contribution < -0.4 is 10.7 Å². The van der Waals surface area contributed by atoms with Crippen molar-refractivity contribution in [2.24, 2.45) is 5.90 Å². The van der Waals surface area contributed by atoms with Crippen LogP contribution in [-0.2, 0) is 0 Å². The second-order valence-corrected chi connectivity index (χ2v) is 2.87. The van der Waals surface area contributed by atoms with Crippen molar-refractivity contribution < 1.29 is 4.84 Å². The number of halogens is 1. The lowest BCUT2D eigenvalue weighted by Crippen LogP contribution is -2.02. The Hall–Kier alpha value is -0.730. The zero-order valence-electron chi connectivity index (χ0n) is 6.52. The minimum atomic E-state index is 0.643. The highest BCUT2D eigenvalue weighted by molar-refractivity contribution is 6.32. The number of nitrogens with two attached hydrogens (primary N) is 1. The van der Waals surface area contributed by atoms with Crippen LogP contribution in [0.3, 0.4) is 0 Å². The Morgan fingerprint density at radius 3 is 2.09 bits per heavy atom. The molecule has 0 fully saturated rings. The normalized spacial score (nSPS) is 9.82. The van der Waals surface area contributed by atoms with Crippen molar-refractivity contribution in [3.8, 4) is 5.75 Å². The van der Waals surface area contributed by atoms with Crippen LogP contribution >= 0.6 is 11.6 Å². The molecule has 0 aliphatic carbocycles. The molecule has 3 heteroatoms. The second kappa shape index (κ2) is 3.11. The van der Waals surface area contributed by atoms with Gasteiger partial charge in [-0.1, -0.05) is 11.6 Å². The first kappa shape index (κ1) is 8.37. The summed E-state index contributed by atoms with van der Waals surface area (Å²) in [5.74, 6) is 5.64. The third kappa shape index (κ3) is 1.64. The minimum Gasteiger partial charge on any atom is -0.412 e. The first-order valence-corrected chi connectivity index (χ1v) is 3.66. The van der Waals surface area contributed by atoms with Crippen LogP contribution in [0.15, 0.2) is 12.1 Å². The van der Waals surface area contributed by atoms with Crippen molar-refractivity contribution in [3.05, 3.63) is 28.3 Å². The maximum absolute atomic E-state index is 5.91. The summed E-state index contributed by atoms with van der Waals surface area (Å²) >= 11 is 5.91. The fraction of sp³-hybridized carbons (Fsp3) is 0.250. The van der Waals surface area contributed by atoms with Crippen molar-refractivity contribution in [2.45, 2.75) is 13.8 Å². The number of rotatable bonds is 1. The molecule has 0 aromatic heterocycles. The monoisotopic (exact) mass is 171 g/mol. The van der Waals surface area contributed by atoms with Crippen molar-refractivity contribution in [3.63, 3.8) is 0 Å². The van der Waals surface area contributed by atoms with Gasteiger partial charge in [-0.05, 0) is 37.1 Å². The van der Waals surface area contributed by atoms with E-state index in [9.17, 15) is 0 Å². The summed E-state index contributed by atoms with van der Waals surface area (Å²) in [5, 5.41) is 0.769. The molecule has 60 valence electrons. The van der Waals surface area contributed by atoms with E-state index < -0.39 is 0 Å². The Bertz CT molecular complexity index is 250. The van der Waals surface area contributed by atoms with E-state index >= 15 is 0 Å². The Morgan fingerprint density at radius 1 is 1.27 bits per heavy atom. The number of hydrogen-bond donors (Lipinski definition) is 1. The van der Waals surface area contributed by atoms with Crippen LogP contribution in [0.2, 0.25) is 5.02 Å². The second-order valence-electron chi connectivity index (χ2n) is 2.49. The SMILES string of the molecule is Cc1cc(ON)cc(C)c1Cl. The maximum Gasteiger partial charge on any atom is 0.147 e. The molecule has 0 atom stereocenters. The van der Waals surface area contributed by atoms with Gasteiger partial charge in [-0.25, -0.2) is 0 Å². The molecule has 0 aliphatic rings. The highest BCUT2D eigenvalue weighted by atomic mass is 35.5. The molecule has 0 amide bonds. The van der Waals surface area contributed by atoms with Gasteiger partial charge in [0.15, 0.2) is 0 Å². The molecule has 2 N–H and O–H groups in total. The van der Waals surface area contributed by atoms with Crippen LogP contribution in [0.1, 0.15) is 11.1 Å². The quantitative estimate of drug-likeness (QED) is 0.658. The summed E-state index contributed by atoms with van der Waals surface area (Å²) in [6, 6.07) is 3.60. The van der Waals surface area contributed by atoms with Crippen molar-refractivity contribution in [2.75, 3.05) is 0 Å². The minimum absolute atomic E-state index is 0.643. The van der Waals surface area contributed by atoms with Crippen molar-refractivity contribution in [1.82, 2.24) is 0 Å². The Morgan fingerprint density at radius 2 is 1.73 bits per heavy atom. The summed E-state index contributed by atoms with van der Waals surface area (Å²) in [5.41, 5.74) is 1.96. The Balaban J connectivity index is 3.21. The molecule has 11 heavy (non-hydrogen) atoms. The molecular weight excluding hydrogens is 162 g/mol. The molecular formula is C8H10ClNO. The van der Waals surface area contributed by atoms with Gasteiger partial charge < -0.3 is 4.84 Å². The third-order valence-electron chi connectivity index (χ3n) is 1.55. The molecule has 0 radical (unpaired) electrons. The maximum atomic E-state index is 5.91. The van der Waals surface area contributed by atoms with Crippen molar-refractivity contribution >= 4 is 11.6 Å². The van der Waals surface area contributed by atoms with Gasteiger partial charge in [0, 0.05) is 5.02 Å². The smallest absolute Gasteiger partial charge is 0.147 e. The van der Waals surface area contributed by atoms with Crippen LogP contribution in [0.25, 0.3) is 0 Å². The number of hydrogen-bond acceptors (Lipinski definition) is 2. The topological polar surface area (TPSA) is 35.2 Å². The summed E-state index contributed by atoms with van der Waals surface area (Å²) in [6.07, 6.45) is 0. The van der Waals surface area contributed by atoms with E-state index in [-0.39, 0.29) is 0 Å². The Kier molecular flexibility index (Phi) is 2.37. The van der Waals surface area contributed by atoms with E-state index in [1.165, 1.54) is 0 Å². The van der Waals surface area contributed by atoms with E-state index in [4.69, 9.17) is 17.5 Å². The average molecular weight is 172 g/mol. The summed E-state index contributed by atoms with van der Waals surface area (Å²) in [6.45, 7) is 3.83. The van der Waals surface area contributed by atoms with Gasteiger partial charge in [0.25, 0.3) is 0 Å². The highest BCUT2D eigenvalue weighted by Gasteiger charge is 2.01. The number of benzene rings is 1. The fourth-order valence-electron chi connectivity index (χ4n) is 0.974. The van der Waals surface area contributed by atoms with E-state index in [0.29, 0.717) is 5.75 Å². The fourth-order valence-corrected chi connectivity index (χ4v) is 1.08. The lowest BCUT2D eigenvalue weighted by molar-refractivity contribution is 0.334. The lowest BCUT2D eigenvalue weighted by Gasteiger charge is -2.04. The molecule has 0 saturated carbocycles. The van der Waals surface area contributed by atoms with Crippen LogP contribution in [-0.4, -0.2) is 0 Å². The van der Waals surface area contributed by atoms with Gasteiger partial charge >= 0.3 is 0 Å².